The maximum Gasteiger partial charge on any atom is 0.336 e. The van der Waals surface area contributed by atoms with E-state index in [1.165, 1.54) is 42.6 Å². The number of nitrogens with zero attached hydrogens (tertiary/aromatic N) is 2. The van der Waals surface area contributed by atoms with Gasteiger partial charge < -0.3 is 5.11 Å². The van der Waals surface area contributed by atoms with Crippen LogP contribution in [0.4, 0.5) is 10.1 Å². The third-order valence-electron chi connectivity index (χ3n) is 3.69. The number of aromatic carboxylic acids is 1. The number of anilines is 1. The molecule has 0 aliphatic heterocycles. The smallest absolute Gasteiger partial charge is 0.336 e. The standard InChI is InChI=1S/C17H14FN3O4S/c1-11-6-7-12(8-14(11)17(22)23)20-26(24,25)13-9-19-21(10-13)16-5-3-2-4-15(16)18/h2-10,20H,1H3,(H,22,23). The van der Waals surface area contributed by atoms with Crippen LogP contribution in [0.1, 0.15) is 15.9 Å². The number of nitrogens with one attached hydrogen (secondary N) is 1. The summed E-state index contributed by atoms with van der Waals surface area (Å²) in [6.07, 6.45) is 2.26. The zero-order valence-electron chi connectivity index (χ0n) is 13.5. The number of para-hydroxylation sites is 1. The number of carbonyl (C=O) groups is 1. The fourth-order valence-corrected chi connectivity index (χ4v) is 3.32. The number of aryl methyl sites for hydroxylation is 1. The Morgan fingerprint density at radius 2 is 1.96 bits per heavy atom. The molecule has 26 heavy (non-hydrogen) atoms. The van der Waals surface area contributed by atoms with E-state index < -0.39 is 21.8 Å². The Labute approximate surface area is 148 Å². The molecular weight excluding hydrogens is 361 g/mol. The van der Waals surface area contributed by atoms with Crippen LogP contribution in [0.5, 0.6) is 0 Å². The number of carboxylic acids is 1. The van der Waals surface area contributed by atoms with Crippen LogP contribution < -0.4 is 4.72 Å². The van der Waals surface area contributed by atoms with Gasteiger partial charge in [-0.3, -0.25) is 4.72 Å². The van der Waals surface area contributed by atoms with E-state index in [0.29, 0.717) is 5.56 Å². The van der Waals surface area contributed by atoms with Gasteiger partial charge in [0, 0.05) is 5.69 Å². The van der Waals surface area contributed by atoms with E-state index in [0.717, 1.165) is 10.9 Å². The molecule has 134 valence electrons. The Kier molecular flexibility index (Phi) is 4.47. The summed E-state index contributed by atoms with van der Waals surface area (Å²) >= 11 is 0. The maximum absolute atomic E-state index is 13.8. The highest BCUT2D eigenvalue weighted by atomic mass is 32.2. The first kappa shape index (κ1) is 17.6. The van der Waals surface area contributed by atoms with Crippen molar-refractivity contribution in [2.24, 2.45) is 0 Å². The summed E-state index contributed by atoms with van der Waals surface area (Å²) < 4.78 is 42.2. The van der Waals surface area contributed by atoms with Crippen LogP contribution in [-0.4, -0.2) is 29.3 Å². The predicted molar refractivity (Wildman–Crippen MR) is 92.5 cm³/mol. The Bertz CT molecular complexity index is 1090. The lowest BCUT2D eigenvalue weighted by molar-refractivity contribution is 0.0696. The van der Waals surface area contributed by atoms with E-state index in [1.54, 1.807) is 13.0 Å². The van der Waals surface area contributed by atoms with Gasteiger partial charge in [0.1, 0.15) is 16.4 Å². The normalized spacial score (nSPS) is 11.3. The third kappa shape index (κ3) is 3.42. The molecule has 0 bridgehead atoms. The van der Waals surface area contributed by atoms with E-state index in [-0.39, 0.29) is 21.8 Å². The molecule has 2 aromatic carbocycles. The summed E-state index contributed by atoms with van der Waals surface area (Å²) in [6.45, 7) is 1.61. The largest absolute Gasteiger partial charge is 0.478 e. The molecule has 0 atom stereocenters. The van der Waals surface area contributed by atoms with Crippen molar-refractivity contribution >= 4 is 21.7 Å². The first-order valence-electron chi connectivity index (χ1n) is 7.44. The molecule has 0 amide bonds. The topological polar surface area (TPSA) is 101 Å². The van der Waals surface area contributed by atoms with E-state index in [9.17, 15) is 17.6 Å². The summed E-state index contributed by atoms with van der Waals surface area (Å²) in [7, 11) is -4.02. The number of benzene rings is 2. The Morgan fingerprint density at radius 1 is 1.23 bits per heavy atom. The van der Waals surface area contributed by atoms with Crippen LogP contribution in [0.15, 0.2) is 59.8 Å². The molecule has 0 spiro atoms. The van der Waals surface area contributed by atoms with Crippen molar-refractivity contribution in [1.82, 2.24) is 9.78 Å². The zero-order chi connectivity index (χ0) is 18.9. The first-order chi connectivity index (χ1) is 12.3. The molecule has 3 aromatic rings. The van der Waals surface area contributed by atoms with Crippen molar-refractivity contribution in [2.75, 3.05) is 4.72 Å². The Balaban J connectivity index is 1.92. The molecular formula is C17H14FN3O4S. The molecule has 0 radical (unpaired) electrons. The van der Waals surface area contributed by atoms with E-state index in [2.05, 4.69) is 9.82 Å². The molecule has 7 nitrogen and oxygen atoms in total. The molecule has 3 rings (SSSR count). The molecule has 0 aliphatic rings. The average Bonchev–Trinajstić information content (AvgIpc) is 3.07. The van der Waals surface area contributed by atoms with Crippen LogP contribution >= 0.6 is 0 Å². The minimum absolute atomic E-state index is 0.00717. The van der Waals surface area contributed by atoms with Gasteiger partial charge in [-0.1, -0.05) is 18.2 Å². The lowest BCUT2D eigenvalue weighted by atomic mass is 10.1. The Hall–Kier alpha value is -3.20. The summed E-state index contributed by atoms with van der Waals surface area (Å²) in [4.78, 5) is 11.0. The van der Waals surface area contributed by atoms with Gasteiger partial charge in [-0.25, -0.2) is 22.3 Å². The highest BCUT2D eigenvalue weighted by Gasteiger charge is 2.19. The zero-order valence-corrected chi connectivity index (χ0v) is 14.4. The summed E-state index contributed by atoms with van der Waals surface area (Å²) in [5.41, 5.74) is 0.712. The molecule has 9 heteroatoms. The minimum atomic E-state index is -4.02. The fourth-order valence-electron chi connectivity index (χ4n) is 2.34. The Morgan fingerprint density at radius 3 is 2.65 bits per heavy atom. The van der Waals surface area contributed by atoms with E-state index in [1.807, 2.05) is 0 Å². The van der Waals surface area contributed by atoms with Crippen molar-refractivity contribution in [3.05, 3.63) is 71.8 Å². The second-order valence-electron chi connectivity index (χ2n) is 5.51. The highest BCUT2D eigenvalue weighted by molar-refractivity contribution is 7.92. The van der Waals surface area contributed by atoms with E-state index in [4.69, 9.17) is 5.11 Å². The van der Waals surface area contributed by atoms with Gasteiger partial charge in [0.05, 0.1) is 18.0 Å². The predicted octanol–water partition coefficient (Wildman–Crippen LogP) is 2.82. The first-order valence-corrected chi connectivity index (χ1v) is 8.92. The van der Waals surface area contributed by atoms with Crippen molar-refractivity contribution in [2.45, 2.75) is 11.8 Å². The lowest BCUT2D eigenvalue weighted by Gasteiger charge is -2.08. The summed E-state index contributed by atoms with van der Waals surface area (Å²) in [5, 5.41) is 13.0. The number of rotatable bonds is 5. The molecule has 2 N–H and O–H groups in total. The van der Waals surface area contributed by atoms with Gasteiger partial charge in [-0.15, -0.1) is 0 Å². The third-order valence-corrected chi connectivity index (χ3v) is 5.02. The molecule has 0 unspecified atom stereocenters. The van der Waals surface area contributed by atoms with Crippen LogP contribution in [0.3, 0.4) is 0 Å². The highest BCUT2D eigenvalue weighted by Crippen LogP contribution is 2.21. The number of carboxylic acid groups (broad SMARTS) is 1. The van der Waals surface area contributed by atoms with Crippen molar-refractivity contribution in [1.29, 1.82) is 0 Å². The van der Waals surface area contributed by atoms with Gasteiger partial charge in [0.15, 0.2) is 0 Å². The fraction of sp³-hybridized carbons (Fsp3) is 0.0588. The number of hydrogen-bond acceptors (Lipinski definition) is 4. The van der Waals surface area contributed by atoms with Crippen LogP contribution in [0.2, 0.25) is 0 Å². The van der Waals surface area contributed by atoms with Crippen molar-refractivity contribution in [3.63, 3.8) is 0 Å². The van der Waals surface area contributed by atoms with E-state index >= 15 is 0 Å². The van der Waals surface area contributed by atoms with Gasteiger partial charge in [0.25, 0.3) is 10.0 Å². The van der Waals surface area contributed by atoms with Crippen LogP contribution in [0.25, 0.3) is 5.69 Å². The number of hydrogen-bond donors (Lipinski definition) is 2. The molecule has 1 aromatic heterocycles. The van der Waals surface area contributed by atoms with Gasteiger partial charge in [0.2, 0.25) is 0 Å². The lowest BCUT2D eigenvalue weighted by Crippen LogP contribution is -2.13. The maximum atomic E-state index is 13.8. The van der Waals surface area contributed by atoms with Gasteiger partial charge in [-0.2, -0.15) is 5.10 Å². The van der Waals surface area contributed by atoms with Crippen molar-refractivity contribution in [3.8, 4) is 5.69 Å². The summed E-state index contributed by atoms with van der Waals surface area (Å²) in [6, 6.07) is 10.0. The molecule has 0 fully saturated rings. The number of aromatic nitrogens is 2. The van der Waals surface area contributed by atoms with Crippen molar-refractivity contribution < 1.29 is 22.7 Å². The monoisotopic (exact) mass is 375 g/mol. The molecule has 0 saturated carbocycles. The second-order valence-corrected chi connectivity index (χ2v) is 7.19. The van der Waals surface area contributed by atoms with Crippen LogP contribution in [-0.2, 0) is 10.0 Å². The number of halogens is 1. The summed E-state index contributed by atoms with van der Waals surface area (Å²) in [5.74, 6) is -1.70. The molecule has 0 saturated heterocycles. The molecule has 0 aliphatic carbocycles. The van der Waals surface area contributed by atoms with Gasteiger partial charge >= 0.3 is 5.97 Å². The van der Waals surface area contributed by atoms with Crippen LogP contribution in [0, 0.1) is 12.7 Å². The van der Waals surface area contributed by atoms with Gasteiger partial charge in [-0.05, 0) is 36.8 Å². The number of sulfonamides is 1. The molecule has 1 heterocycles. The quantitative estimate of drug-likeness (QED) is 0.714. The second kappa shape index (κ2) is 6.60. The SMILES string of the molecule is Cc1ccc(NS(=O)(=O)c2cnn(-c3ccccc3F)c2)cc1C(=O)O. The minimum Gasteiger partial charge on any atom is -0.478 e. The average molecular weight is 375 g/mol.